The zero-order valence-corrected chi connectivity index (χ0v) is 18.4. The highest BCUT2D eigenvalue weighted by Crippen LogP contribution is 2.28. The molecular formula is C23H32N4O3. The highest BCUT2D eigenvalue weighted by molar-refractivity contribution is 5.93. The second kappa shape index (κ2) is 9.80. The van der Waals surface area contributed by atoms with Crippen LogP contribution >= 0.6 is 0 Å². The van der Waals surface area contributed by atoms with E-state index < -0.39 is 0 Å². The number of nitrogens with one attached hydrogen (secondary N) is 1. The molecule has 1 unspecified atom stereocenters. The number of methoxy groups -OCH3 is 2. The summed E-state index contributed by atoms with van der Waals surface area (Å²) >= 11 is 0. The molecule has 0 fully saturated rings. The van der Waals surface area contributed by atoms with E-state index in [2.05, 4.69) is 23.1 Å². The van der Waals surface area contributed by atoms with Gasteiger partial charge in [-0.3, -0.25) is 9.48 Å². The van der Waals surface area contributed by atoms with Crippen LogP contribution in [0.1, 0.15) is 33.7 Å². The molecule has 0 radical (unpaired) electrons. The Bertz CT molecular complexity index is 904. The van der Waals surface area contributed by atoms with E-state index in [1.54, 1.807) is 33.2 Å². The molecule has 0 saturated carbocycles. The van der Waals surface area contributed by atoms with Crippen molar-refractivity contribution in [3.63, 3.8) is 0 Å². The third-order valence-electron chi connectivity index (χ3n) is 5.55. The summed E-state index contributed by atoms with van der Waals surface area (Å²) in [5.41, 5.74) is 4.01. The molecule has 1 aliphatic carbocycles. The van der Waals surface area contributed by atoms with E-state index >= 15 is 0 Å². The molecule has 7 nitrogen and oxygen atoms in total. The van der Waals surface area contributed by atoms with Gasteiger partial charge in [-0.1, -0.05) is 12.1 Å². The smallest absolute Gasteiger partial charge is 0.274 e. The van der Waals surface area contributed by atoms with Crippen LogP contribution in [0.4, 0.5) is 0 Å². The summed E-state index contributed by atoms with van der Waals surface area (Å²) in [5.74, 6) is 1.45. The maximum atomic E-state index is 12.6. The average Bonchev–Trinajstić information content (AvgIpc) is 3.11. The van der Waals surface area contributed by atoms with Gasteiger partial charge in [0.15, 0.2) is 17.2 Å². The second-order valence-corrected chi connectivity index (χ2v) is 7.78. The van der Waals surface area contributed by atoms with Crippen molar-refractivity contribution < 1.29 is 14.3 Å². The topological polar surface area (TPSA) is 68.6 Å². The van der Waals surface area contributed by atoms with Gasteiger partial charge in [0.05, 0.1) is 20.8 Å². The van der Waals surface area contributed by atoms with Crippen LogP contribution in [0.5, 0.6) is 11.5 Å². The van der Waals surface area contributed by atoms with Crippen LogP contribution in [0, 0.1) is 0 Å². The first-order chi connectivity index (χ1) is 14.5. The molecule has 7 heteroatoms. The van der Waals surface area contributed by atoms with Gasteiger partial charge in [0.2, 0.25) is 0 Å². The molecule has 1 aliphatic rings. The molecule has 1 amide bonds. The number of allylic oxidation sites excluding steroid dienone is 1. The molecule has 0 aliphatic heterocycles. The Morgan fingerprint density at radius 1 is 1.33 bits per heavy atom. The quantitative estimate of drug-likeness (QED) is 0.641. The van der Waals surface area contributed by atoms with Crippen LogP contribution < -0.4 is 14.8 Å². The largest absolute Gasteiger partial charge is 0.493 e. The average molecular weight is 413 g/mol. The third-order valence-corrected chi connectivity index (χ3v) is 5.55. The molecule has 1 heterocycles. The van der Waals surface area contributed by atoms with E-state index in [9.17, 15) is 4.79 Å². The Kier molecular flexibility index (Phi) is 7.15. The maximum Gasteiger partial charge on any atom is 0.274 e. The van der Waals surface area contributed by atoms with Gasteiger partial charge >= 0.3 is 0 Å². The molecule has 162 valence electrons. The first-order valence-corrected chi connectivity index (χ1v) is 10.3. The van der Waals surface area contributed by atoms with Crippen molar-refractivity contribution in [2.24, 2.45) is 0 Å². The van der Waals surface area contributed by atoms with E-state index in [-0.39, 0.29) is 5.91 Å². The molecule has 1 aromatic heterocycles. The number of rotatable bonds is 9. The molecule has 1 atom stereocenters. The number of benzene rings is 1. The summed E-state index contributed by atoms with van der Waals surface area (Å²) in [4.78, 5) is 14.2. The zero-order chi connectivity index (χ0) is 21.7. The van der Waals surface area contributed by atoms with E-state index in [1.807, 2.05) is 22.9 Å². The summed E-state index contributed by atoms with van der Waals surface area (Å²) in [7, 11) is 6.83. The fourth-order valence-electron chi connectivity index (χ4n) is 3.98. The summed E-state index contributed by atoms with van der Waals surface area (Å²) in [6.07, 6.45) is 5.46. The van der Waals surface area contributed by atoms with Gasteiger partial charge in [0.25, 0.3) is 5.91 Å². The minimum absolute atomic E-state index is 0.0416. The molecule has 0 bridgehead atoms. The predicted octanol–water partition coefficient (Wildman–Crippen LogP) is 2.48. The van der Waals surface area contributed by atoms with E-state index in [0.717, 1.165) is 55.0 Å². The minimum atomic E-state index is -0.0416. The van der Waals surface area contributed by atoms with Crippen molar-refractivity contribution in [1.82, 2.24) is 20.0 Å². The van der Waals surface area contributed by atoms with Crippen LogP contribution in [-0.2, 0) is 25.8 Å². The van der Waals surface area contributed by atoms with Gasteiger partial charge in [0, 0.05) is 31.4 Å². The van der Waals surface area contributed by atoms with Crippen LogP contribution in [-0.4, -0.2) is 61.5 Å². The Morgan fingerprint density at radius 3 is 2.77 bits per heavy atom. The number of amides is 1. The second-order valence-electron chi connectivity index (χ2n) is 7.78. The molecule has 0 saturated heterocycles. The van der Waals surface area contributed by atoms with Crippen LogP contribution in [0.25, 0.3) is 0 Å². The molecule has 2 aromatic rings. The standard InChI is InChI=1S/C23H32N4O3/c1-6-13-27-19-9-8-17(15-18(19)22(25-27)23(28)26(2)3)24-12-11-16-7-10-20(29-4)21(14-16)30-5/h6-7,10,14,17,24H,1,8-9,11-13,15H2,2-5H3. The number of carbonyl (C=O) groups is 1. The molecule has 1 aromatic carbocycles. The highest BCUT2D eigenvalue weighted by atomic mass is 16.5. The van der Waals surface area contributed by atoms with Crippen LogP contribution in [0.15, 0.2) is 30.9 Å². The predicted molar refractivity (Wildman–Crippen MR) is 118 cm³/mol. The number of hydrogen-bond donors (Lipinski definition) is 1. The lowest BCUT2D eigenvalue weighted by Crippen LogP contribution is -2.36. The van der Waals surface area contributed by atoms with Crippen LogP contribution in [0.2, 0.25) is 0 Å². The lowest BCUT2D eigenvalue weighted by atomic mass is 9.91. The molecule has 30 heavy (non-hydrogen) atoms. The van der Waals surface area contributed by atoms with Crippen molar-refractivity contribution in [2.75, 3.05) is 34.9 Å². The highest BCUT2D eigenvalue weighted by Gasteiger charge is 2.29. The van der Waals surface area contributed by atoms with E-state index in [0.29, 0.717) is 18.3 Å². The fourth-order valence-corrected chi connectivity index (χ4v) is 3.98. The summed E-state index contributed by atoms with van der Waals surface area (Å²) in [5, 5.41) is 8.26. The Balaban J connectivity index is 1.66. The van der Waals surface area contributed by atoms with Crippen molar-refractivity contribution in [2.45, 2.75) is 38.3 Å². The number of carbonyl (C=O) groups excluding carboxylic acids is 1. The molecule has 1 N–H and O–H groups in total. The monoisotopic (exact) mass is 412 g/mol. The summed E-state index contributed by atoms with van der Waals surface area (Å²) in [6.45, 7) is 5.30. The van der Waals surface area contributed by atoms with Crippen molar-refractivity contribution in [1.29, 1.82) is 0 Å². The van der Waals surface area contributed by atoms with Gasteiger partial charge in [0.1, 0.15) is 0 Å². The van der Waals surface area contributed by atoms with Crippen molar-refractivity contribution in [3.05, 3.63) is 53.4 Å². The van der Waals surface area contributed by atoms with Crippen molar-refractivity contribution in [3.8, 4) is 11.5 Å². The molecule has 3 rings (SSSR count). The Hall–Kier alpha value is -2.80. The van der Waals surface area contributed by atoms with E-state index in [1.165, 1.54) is 5.56 Å². The van der Waals surface area contributed by atoms with Gasteiger partial charge in [-0.25, -0.2) is 0 Å². The minimum Gasteiger partial charge on any atom is -0.493 e. The fraction of sp³-hybridized carbons (Fsp3) is 0.478. The number of fused-ring (bicyclic) bond motifs is 1. The Labute approximate surface area is 178 Å². The van der Waals surface area contributed by atoms with Crippen LogP contribution in [0.3, 0.4) is 0 Å². The van der Waals surface area contributed by atoms with Gasteiger partial charge in [-0.15, -0.1) is 6.58 Å². The SMILES string of the molecule is C=CCn1nc(C(=O)N(C)C)c2c1CCC(NCCc1ccc(OC)c(OC)c1)C2. The Morgan fingerprint density at radius 2 is 2.10 bits per heavy atom. The van der Waals surface area contributed by atoms with Gasteiger partial charge < -0.3 is 19.7 Å². The lowest BCUT2D eigenvalue weighted by molar-refractivity contribution is 0.0820. The first kappa shape index (κ1) is 21.9. The zero-order valence-electron chi connectivity index (χ0n) is 18.4. The number of hydrogen-bond acceptors (Lipinski definition) is 5. The normalized spacial score (nSPS) is 15.4. The summed E-state index contributed by atoms with van der Waals surface area (Å²) in [6, 6.07) is 6.35. The van der Waals surface area contributed by atoms with Gasteiger partial charge in [-0.2, -0.15) is 5.10 Å². The van der Waals surface area contributed by atoms with E-state index in [4.69, 9.17) is 9.47 Å². The third kappa shape index (κ3) is 4.67. The van der Waals surface area contributed by atoms with Gasteiger partial charge in [-0.05, 0) is 49.9 Å². The lowest BCUT2D eigenvalue weighted by Gasteiger charge is -2.25. The number of aromatic nitrogens is 2. The summed E-state index contributed by atoms with van der Waals surface area (Å²) < 4.78 is 12.6. The molecule has 0 spiro atoms. The first-order valence-electron chi connectivity index (χ1n) is 10.3. The molecular weight excluding hydrogens is 380 g/mol. The van der Waals surface area contributed by atoms with Crippen molar-refractivity contribution >= 4 is 5.91 Å². The number of nitrogens with zero attached hydrogens (tertiary/aromatic N) is 3. The maximum absolute atomic E-state index is 12.6. The number of ether oxygens (including phenoxy) is 2.